The lowest BCUT2D eigenvalue weighted by atomic mass is 10.2. The number of benzene rings is 2. The van der Waals surface area contributed by atoms with Crippen LogP contribution in [0.1, 0.15) is 11.1 Å². The lowest BCUT2D eigenvalue weighted by Crippen LogP contribution is -1.95. The van der Waals surface area contributed by atoms with Crippen LogP contribution in [0.5, 0.6) is 5.75 Å². The summed E-state index contributed by atoms with van der Waals surface area (Å²) in [5.41, 5.74) is 2.30. The van der Waals surface area contributed by atoms with Gasteiger partial charge in [-0.25, -0.2) is 4.39 Å². The first kappa shape index (κ1) is 10.7. The third kappa shape index (κ3) is 2.83. The van der Waals surface area contributed by atoms with E-state index in [4.69, 9.17) is 4.74 Å². The molecule has 0 N–H and O–H groups in total. The molecular formula is C14H13FO. The summed E-state index contributed by atoms with van der Waals surface area (Å²) in [4.78, 5) is 0. The molecule has 0 saturated carbocycles. The van der Waals surface area contributed by atoms with Crippen LogP contribution in [0.4, 0.5) is 4.39 Å². The van der Waals surface area contributed by atoms with Crippen LogP contribution in [0.25, 0.3) is 0 Å². The van der Waals surface area contributed by atoms with Crippen LogP contribution >= 0.6 is 0 Å². The summed E-state index contributed by atoms with van der Waals surface area (Å²) in [6, 6.07) is 14.3. The van der Waals surface area contributed by atoms with E-state index in [0.717, 1.165) is 5.56 Å². The highest BCUT2D eigenvalue weighted by Crippen LogP contribution is 2.14. The Labute approximate surface area is 94.5 Å². The zero-order valence-electron chi connectivity index (χ0n) is 9.11. The predicted octanol–water partition coefficient (Wildman–Crippen LogP) is 3.71. The van der Waals surface area contributed by atoms with Crippen molar-refractivity contribution in [3.8, 4) is 5.75 Å². The minimum Gasteiger partial charge on any atom is -0.489 e. The first-order valence-electron chi connectivity index (χ1n) is 5.18. The molecule has 2 heteroatoms. The van der Waals surface area contributed by atoms with Crippen LogP contribution in [0.2, 0.25) is 0 Å². The van der Waals surface area contributed by atoms with E-state index in [9.17, 15) is 4.39 Å². The van der Waals surface area contributed by atoms with Crippen molar-refractivity contribution in [3.05, 3.63) is 65.5 Å². The number of halogens is 1. The maximum Gasteiger partial charge on any atom is 0.126 e. The second kappa shape index (κ2) is 4.79. The van der Waals surface area contributed by atoms with Gasteiger partial charge in [-0.3, -0.25) is 0 Å². The Morgan fingerprint density at radius 2 is 1.81 bits per heavy atom. The van der Waals surface area contributed by atoms with Gasteiger partial charge in [-0.15, -0.1) is 0 Å². The molecule has 0 unspecified atom stereocenters. The van der Waals surface area contributed by atoms with Crippen LogP contribution < -0.4 is 4.74 Å². The normalized spacial score (nSPS) is 10.1. The van der Waals surface area contributed by atoms with Crippen LogP contribution in [-0.2, 0) is 6.61 Å². The zero-order valence-corrected chi connectivity index (χ0v) is 9.11. The highest BCUT2D eigenvalue weighted by Gasteiger charge is 1.97. The highest BCUT2D eigenvalue weighted by atomic mass is 19.1. The molecule has 0 aromatic heterocycles. The van der Waals surface area contributed by atoms with Crippen molar-refractivity contribution >= 4 is 0 Å². The van der Waals surface area contributed by atoms with Crippen molar-refractivity contribution in [2.45, 2.75) is 13.5 Å². The van der Waals surface area contributed by atoms with E-state index in [2.05, 4.69) is 0 Å². The molecule has 2 aromatic rings. The molecule has 0 spiro atoms. The van der Waals surface area contributed by atoms with E-state index >= 15 is 0 Å². The van der Waals surface area contributed by atoms with Crippen LogP contribution in [0.15, 0.2) is 48.5 Å². The van der Waals surface area contributed by atoms with Gasteiger partial charge in [0.05, 0.1) is 0 Å². The Kier molecular flexibility index (Phi) is 3.20. The van der Waals surface area contributed by atoms with Crippen molar-refractivity contribution < 1.29 is 9.13 Å². The molecular weight excluding hydrogens is 203 g/mol. The average Bonchev–Trinajstić information content (AvgIpc) is 2.28. The van der Waals surface area contributed by atoms with Gasteiger partial charge in [-0.2, -0.15) is 0 Å². The van der Waals surface area contributed by atoms with Crippen LogP contribution in [-0.4, -0.2) is 0 Å². The van der Waals surface area contributed by atoms with Crippen molar-refractivity contribution in [1.82, 2.24) is 0 Å². The van der Waals surface area contributed by atoms with E-state index in [1.807, 2.05) is 31.2 Å². The summed E-state index contributed by atoms with van der Waals surface area (Å²) in [7, 11) is 0. The molecule has 0 aliphatic rings. The molecule has 0 amide bonds. The quantitative estimate of drug-likeness (QED) is 0.759. The highest BCUT2D eigenvalue weighted by molar-refractivity contribution is 5.24. The molecule has 1 nitrogen and oxygen atoms in total. The van der Waals surface area contributed by atoms with E-state index in [-0.39, 0.29) is 5.82 Å². The molecule has 0 atom stereocenters. The smallest absolute Gasteiger partial charge is 0.126 e. The van der Waals surface area contributed by atoms with Gasteiger partial charge in [0.25, 0.3) is 0 Å². The maximum absolute atomic E-state index is 12.9. The van der Waals surface area contributed by atoms with Gasteiger partial charge in [0.2, 0.25) is 0 Å². The van der Waals surface area contributed by atoms with Crippen molar-refractivity contribution in [3.63, 3.8) is 0 Å². The molecule has 0 fully saturated rings. The van der Waals surface area contributed by atoms with Crippen molar-refractivity contribution in [2.75, 3.05) is 0 Å². The van der Waals surface area contributed by atoms with Gasteiger partial charge >= 0.3 is 0 Å². The number of aryl methyl sites for hydroxylation is 1. The van der Waals surface area contributed by atoms with Crippen molar-refractivity contribution in [1.29, 1.82) is 0 Å². The molecule has 0 saturated heterocycles. The van der Waals surface area contributed by atoms with Gasteiger partial charge in [0.1, 0.15) is 18.2 Å². The maximum atomic E-state index is 12.9. The second-order valence-corrected chi connectivity index (χ2v) is 3.73. The Balaban J connectivity index is 1.99. The van der Waals surface area contributed by atoms with E-state index < -0.39 is 0 Å². The fraction of sp³-hybridized carbons (Fsp3) is 0.143. The average molecular weight is 216 g/mol. The van der Waals surface area contributed by atoms with Gasteiger partial charge < -0.3 is 4.74 Å². The predicted molar refractivity (Wildman–Crippen MR) is 61.9 cm³/mol. The van der Waals surface area contributed by atoms with Gasteiger partial charge in [0, 0.05) is 6.07 Å². The first-order valence-corrected chi connectivity index (χ1v) is 5.18. The summed E-state index contributed by atoms with van der Waals surface area (Å²) in [5.74, 6) is 0.280. The van der Waals surface area contributed by atoms with Crippen LogP contribution in [0.3, 0.4) is 0 Å². The van der Waals surface area contributed by atoms with Gasteiger partial charge in [-0.1, -0.05) is 35.9 Å². The lowest BCUT2D eigenvalue weighted by Gasteiger charge is -2.06. The molecule has 0 heterocycles. The molecule has 0 bridgehead atoms. The van der Waals surface area contributed by atoms with Gasteiger partial charge in [-0.05, 0) is 24.6 Å². The number of rotatable bonds is 3. The molecule has 2 rings (SSSR count). The fourth-order valence-electron chi connectivity index (χ4n) is 1.41. The Morgan fingerprint density at radius 3 is 2.50 bits per heavy atom. The number of hydrogen-bond donors (Lipinski definition) is 0. The largest absolute Gasteiger partial charge is 0.489 e. The third-order valence-corrected chi connectivity index (χ3v) is 2.32. The number of ether oxygens (including phenoxy) is 1. The zero-order chi connectivity index (χ0) is 11.4. The van der Waals surface area contributed by atoms with Crippen molar-refractivity contribution in [2.24, 2.45) is 0 Å². The molecule has 0 aliphatic carbocycles. The monoisotopic (exact) mass is 216 g/mol. The minimum absolute atomic E-state index is 0.276. The van der Waals surface area contributed by atoms with E-state index in [0.29, 0.717) is 12.4 Å². The summed E-state index contributed by atoms with van der Waals surface area (Å²) in [5, 5.41) is 0. The Morgan fingerprint density at radius 1 is 1.06 bits per heavy atom. The summed E-state index contributed by atoms with van der Waals surface area (Å²) >= 11 is 0. The first-order chi connectivity index (χ1) is 7.74. The topological polar surface area (TPSA) is 9.23 Å². The summed E-state index contributed by atoms with van der Waals surface area (Å²) in [6.45, 7) is 2.50. The summed E-state index contributed by atoms with van der Waals surface area (Å²) < 4.78 is 18.3. The minimum atomic E-state index is -0.276. The summed E-state index contributed by atoms with van der Waals surface area (Å²) in [6.07, 6.45) is 0. The molecule has 82 valence electrons. The SMILES string of the molecule is Cc1ccc(COc2cccc(F)c2)cc1. The molecule has 16 heavy (non-hydrogen) atoms. The molecule has 0 radical (unpaired) electrons. The molecule has 2 aromatic carbocycles. The Bertz CT molecular complexity index is 462. The molecule has 0 aliphatic heterocycles. The fourth-order valence-corrected chi connectivity index (χ4v) is 1.41. The van der Waals surface area contributed by atoms with Gasteiger partial charge in [0.15, 0.2) is 0 Å². The Hall–Kier alpha value is -1.83. The van der Waals surface area contributed by atoms with E-state index in [1.54, 1.807) is 12.1 Å². The lowest BCUT2D eigenvalue weighted by molar-refractivity contribution is 0.304. The number of hydrogen-bond acceptors (Lipinski definition) is 1. The second-order valence-electron chi connectivity index (χ2n) is 3.73. The van der Waals surface area contributed by atoms with E-state index in [1.165, 1.54) is 17.7 Å². The standard InChI is InChI=1S/C14H13FO/c1-11-5-7-12(8-6-11)10-16-14-4-2-3-13(15)9-14/h2-9H,10H2,1H3. The van der Waals surface area contributed by atoms with Crippen LogP contribution in [0, 0.1) is 12.7 Å². The third-order valence-electron chi connectivity index (χ3n) is 2.32.